The van der Waals surface area contributed by atoms with Crippen LogP contribution in [0.2, 0.25) is 5.02 Å². The molecule has 1 saturated heterocycles. The van der Waals surface area contributed by atoms with E-state index in [1.807, 2.05) is 42.5 Å². The average Bonchev–Trinajstić information content (AvgIpc) is 3.29. The van der Waals surface area contributed by atoms with Crippen LogP contribution in [0, 0.1) is 0 Å². The van der Waals surface area contributed by atoms with Crippen molar-refractivity contribution in [3.63, 3.8) is 0 Å². The summed E-state index contributed by atoms with van der Waals surface area (Å²) in [5.41, 5.74) is 2.48. The highest BCUT2D eigenvalue weighted by Crippen LogP contribution is 2.33. The van der Waals surface area contributed by atoms with Gasteiger partial charge in [-0.2, -0.15) is 0 Å². The van der Waals surface area contributed by atoms with Gasteiger partial charge >= 0.3 is 0 Å². The van der Waals surface area contributed by atoms with Crippen LogP contribution in [0.4, 0.5) is 0 Å². The third kappa shape index (κ3) is 4.52. The monoisotopic (exact) mass is 412 g/mol. The first kappa shape index (κ1) is 19.3. The highest BCUT2D eigenvalue weighted by atomic mass is 35.5. The first-order chi connectivity index (χ1) is 14.1. The predicted molar refractivity (Wildman–Crippen MR) is 112 cm³/mol. The molecule has 4 rings (SSSR count). The second-order valence-electron chi connectivity index (χ2n) is 6.67. The summed E-state index contributed by atoms with van der Waals surface area (Å²) in [7, 11) is 1.70. The highest BCUT2D eigenvalue weighted by molar-refractivity contribution is 6.30. The number of fused-ring (bicyclic) bond motifs is 1. The Morgan fingerprint density at radius 2 is 2.00 bits per heavy atom. The van der Waals surface area contributed by atoms with Gasteiger partial charge in [0.25, 0.3) is 5.91 Å². The number of amides is 1. The van der Waals surface area contributed by atoms with Crippen molar-refractivity contribution in [2.45, 2.75) is 6.54 Å². The Kier molecular flexibility index (Phi) is 5.69. The summed E-state index contributed by atoms with van der Waals surface area (Å²) in [6, 6.07) is 13.3. The summed E-state index contributed by atoms with van der Waals surface area (Å²) in [6.45, 7) is 2.19. The molecule has 2 aliphatic heterocycles. The molecule has 2 heterocycles. The van der Waals surface area contributed by atoms with Crippen molar-refractivity contribution in [2.24, 2.45) is 4.99 Å². The minimum Gasteiger partial charge on any atom is -0.454 e. The molecule has 0 aromatic heterocycles. The van der Waals surface area contributed by atoms with Crippen LogP contribution < -0.4 is 20.1 Å². The van der Waals surface area contributed by atoms with Gasteiger partial charge in [0, 0.05) is 25.2 Å². The molecule has 2 aromatic carbocycles. The van der Waals surface area contributed by atoms with Crippen molar-refractivity contribution >= 4 is 29.5 Å². The molecule has 0 aliphatic carbocycles. The number of ether oxygens (including phenoxy) is 2. The van der Waals surface area contributed by atoms with Crippen molar-refractivity contribution in [1.29, 1.82) is 0 Å². The van der Waals surface area contributed by atoms with E-state index < -0.39 is 0 Å². The molecule has 0 spiro atoms. The third-order valence-electron chi connectivity index (χ3n) is 4.60. The van der Waals surface area contributed by atoms with Crippen LogP contribution in [-0.4, -0.2) is 43.7 Å². The Morgan fingerprint density at radius 3 is 2.83 bits per heavy atom. The highest BCUT2D eigenvalue weighted by Gasteiger charge is 2.28. The first-order valence-electron chi connectivity index (χ1n) is 9.26. The zero-order valence-electron chi connectivity index (χ0n) is 15.9. The standard InChI is InChI=1S/C21H21ClN4O3/c1-26-20(27)17(10-15-4-7-18-19(11-15)29-13-28-18)25-21(26)24-9-8-23-12-14-2-5-16(22)6-3-14/h2-7,10-11,23H,8-9,12-13H2,1H3,(H,24,25)/b17-10-. The summed E-state index contributed by atoms with van der Waals surface area (Å²) in [4.78, 5) is 18.5. The maximum atomic E-state index is 12.5. The quantitative estimate of drug-likeness (QED) is 0.563. The molecular weight excluding hydrogens is 392 g/mol. The number of carbonyl (C=O) groups excluding carboxylic acids is 1. The molecule has 0 bridgehead atoms. The largest absolute Gasteiger partial charge is 0.454 e. The molecule has 0 atom stereocenters. The summed E-state index contributed by atoms with van der Waals surface area (Å²) >= 11 is 5.89. The molecule has 0 unspecified atom stereocenters. The van der Waals surface area contributed by atoms with E-state index >= 15 is 0 Å². The van der Waals surface area contributed by atoms with Gasteiger partial charge in [-0.1, -0.05) is 29.8 Å². The average molecular weight is 413 g/mol. The molecule has 2 aliphatic rings. The van der Waals surface area contributed by atoms with Gasteiger partial charge in [-0.25, -0.2) is 0 Å². The van der Waals surface area contributed by atoms with E-state index in [0.717, 1.165) is 22.7 Å². The van der Waals surface area contributed by atoms with Gasteiger partial charge in [0.1, 0.15) is 5.70 Å². The number of likely N-dealkylation sites (N-methyl/N-ethyl adjacent to an activating group) is 1. The minimum absolute atomic E-state index is 0.129. The van der Waals surface area contributed by atoms with Crippen LogP contribution >= 0.6 is 11.6 Å². The Bertz CT molecular complexity index is 972. The maximum Gasteiger partial charge on any atom is 0.276 e. The number of rotatable bonds is 6. The van der Waals surface area contributed by atoms with Crippen LogP contribution in [0.1, 0.15) is 11.1 Å². The number of benzene rings is 2. The van der Waals surface area contributed by atoms with Gasteiger partial charge in [-0.3, -0.25) is 14.7 Å². The Balaban J connectivity index is 1.33. The Labute approximate surface area is 174 Å². The Hall–Kier alpha value is -3.03. The number of hydrogen-bond acceptors (Lipinski definition) is 5. The fourth-order valence-electron chi connectivity index (χ4n) is 3.02. The van der Waals surface area contributed by atoms with E-state index in [1.165, 1.54) is 4.90 Å². The lowest BCUT2D eigenvalue weighted by Gasteiger charge is -2.08. The molecule has 2 N–H and O–H groups in total. The predicted octanol–water partition coefficient (Wildman–Crippen LogP) is 2.62. The van der Waals surface area contributed by atoms with E-state index in [4.69, 9.17) is 21.1 Å². The molecule has 0 radical (unpaired) electrons. The zero-order chi connectivity index (χ0) is 20.2. The summed E-state index contributed by atoms with van der Waals surface area (Å²) in [5, 5.41) is 7.15. The van der Waals surface area contributed by atoms with Crippen molar-refractivity contribution < 1.29 is 14.3 Å². The van der Waals surface area contributed by atoms with Gasteiger partial charge in [-0.15, -0.1) is 0 Å². The number of aliphatic imine (C=N–C) groups is 1. The third-order valence-corrected chi connectivity index (χ3v) is 4.85. The molecule has 7 nitrogen and oxygen atoms in total. The molecular formula is C21H21ClN4O3. The molecule has 8 heteroatoms. The van der Waals surface area contributed by atoms with Gasteiger partial charge in [0.05, 0.1) is 6.54 Å². The number of nitrogens with one attached hydrogen (secondary N) is 2. The van der Waals surface area contributed by atoms with E-state index in [2.05, 4.69) is 15.6 Å². The fraction of sp³-hybridized carbons (Fsp3) is 0.238. The van der Waals surface area contributed by atoms with E-state index in [1.54, 1.807) is 13.1 Å². The SMILES string of the molecule is CN1C(=O)/C(=C/c2ccc3c(c2)OCO3)NC1=NCCNCc1ccc(Cl)cc1. The van der Waals surface area contributed by atoms with E-state index in [-0.39, 0.29) is 12.7 Å². The number of nitrogens with zero attached hydrogens (tertiary/aromatic N) is 2. The smallest absolute Gasteiger partial charge is 0.276 e. The van der Waals surface area contributed by atoms with E-state index in [9.17, 15) is 4.79 Å². The van der Waals surface area contributed by atoms with Crippen molar-refractivity contribution in [1.82, 2.24) is 15.5 Å². The molecule has 1 fully saturated rings. The number of halogens is 1. The number of hydrogen-bond donors (Lipinski definition) is 2. The first-order valence-corrected chi connectivity index (χ1v) is 9.64. The summed E-state index contributed by atoms with van der Waals surface area (Å²) in [5.74, 6) is 1.80. The van der Waals surface area contributed by atoms with Crippen molar-refractivity contribution in [2.75, 3.05) is 26.9 Å². The second kappa shape index (κ2) is 8.55. The van der Waals surface area contributed by atoms with Gasteiger partial charge < -0.3 is 20.1 Å². The zero-order valence-corrected chi connectivity index (χ0v) is 16.7. The van der Waals surface area contributed by atoms with Crippen LogP contribution in [0.25, 0.3) is 6.08 Å². The van der Waals surface area contributed by atoms with Gasteiger partial charge in [0.15, 0.2) is 11.5 Å². The lowest BCUT2D eigenvalue weighted by atomic mass is 10.1. The van der Waals surface area contributed by atoms with E-state index in [0.29, 0.717) is 36.2 Å². The van der Waals surface area contributed by atoms with Crippen molar-refractivity contribution in [3.8, 4) is 11.5 Å². The van der Waals surface area contributed by atoms with Crippen LogP contribution in [0.5, 0.6) is 11.5 Å². The maximum absolute atomic E-state index is 12.5. The van der Waals surface area contributed by atoms with Crippen LogP contribution in [0.3, 0.4) is 0 Å². The summed E-state index contributed by atoms with van der Waals surface area (Å²) in [6.07, 6.45) is 1.78. The number of guanidine groups is 1. The normalized spacial score (nSPS) is 18.0. The molecule has 0 saturated carbocycles. The topological polar surface area (TPSA) is 75.2 Å². The van der Waals surface area contributed by atoms with Gasteiger partial charge in [0.2, 0.25) is 12.8 Å². The molecule has 150 valence electrons. The lowest BCUT2D eigenvalue weighted by Crippen LogP contribution is -2.29. The Morgan fingerprint density at radius 1 is 1.21 bits per heavy atom. The van der Waals surface area contributed by atoms with Crippen LogP contribution in [-0.2, 0) is 11.3 Å². The molecule has 2 aromatic rings. The minimum atomic E-state index is -0.129. The molecule has 29 heavy (non-hydrogen) atoms. The summed E-state index contributed by atoms with van der Waals surface area (Å²) < 4.78 is 10.7. The van der Waals surface area contributed by atoms with Crippen molar-refractivity contribution in [3.05, 3.63) is 64.3 Å². The fourth-order valence-corrected chi connectivity index (χ4v) is 3.15. The lowest BCUT2D eigenvalue weighted by molar-refractivity contribution is -0.121. The number of carbonyl (C=O) groups is 1. The van der Waals surface area contributed by atoms with Crippen LogP contribution in [0.15, 0.2) is 53.2 Å². The second-order valence-corrected chi connectivity index (χ2v) is 7.10. The molecule has 1 amide bonds. The van der Waals surface area contributed by atoms with Gasteiger partial charge in [-0.05, 0) is 41.5 Å².